The Bertz CT molecular complexity index is 864. The van der Waals surface area contributed by atoms with E-state index >= 15 is 0 Å². The number of halogens is 6. The summed E-state index contributed by atoms with van der Waals surface area (Å²) in [6.07, 6.45) is -0.791. The predicted octanol–water partition coefficient (Wildman–Crippen LogP) is 1.24. The highest BCUT2D eigenvalue weighted by atomic mass is 32.2. The van der Waals surface area contributed by atoms with Gasteiger partial charge < -0.3 is 5.11 Å². The Hall–Kier alpha value is -1.23. The average molecular weight is 477 g/mol. The minimum absolute atomic E-state index is 0.154. The molecule has 1 heterocycles. The molecule has 29 heavy (non-hydrogen) atoms. The van der Waals surface area contributed by atoms with Gasteiger partial charge in [-0.2, -0.15) is 39.1 Å². The summed E-state index contributed by atoms with van der Waals surface area (Å²) < 4.78 is 134. The molecule has 1 saturated heterocycles. The van der Waals surface area contributed by atoms with Crippen molar-refractivity contribution in [2.75, 3.05) is 19.7 Å². The van der Waals surface area contributed by atoms with Gasteiger partial charge in [-0.05, 0) is 18.8 Å². The number of rotatable bonds is 9. The molecule has 0 aliphatic carbocycles. The van der Waals surface area contributed by atoms with E-state index in [4.69, 9.17) is 9.66 Å². The normalized spacial score (nSPS) is 18.6. The van der Waals surface area contributed by atoms with E-state index in [1.165, 1.54) is 0 Å². The number of nitrogens with zero attached hydrogens (tertiary/aromatic N) is 1. The molecule has 0 spiro atoms. The highest BCUT2D eigenvalue weighted by Crippen LogP contribution is 2.51. The molecular formula is C13H17F6NO7S2. The fraction of sp³-hybridized carbons (Fsp3) is 0.769. The molecule has 0 aromatic heterocycles. The van der Waals surface area contributed by atoms with Crippen molar-refractivity contribution >= 4 is 25.9 Å². The van der Waals surface area contributed by atoms with Crippen molar-refractivity contribution < 1.29 is 57.6 Å². The molecule has 0 aromatic carbocycles. The third-order valence-corrected chi connectivity index (χ3v) is 7.21. The standard InChI is InChI=1S/C13H17F6NO7S2/c1-8(7-21)10(22)6-9-2-4-20(5-3-9)28(23,24)12(16,17)11(14,15)13(18,19)29(25,26)27/h9,21H,1-7H2,(H,25,26,27). The van der Waals surface area contributed by atoms with Gasteiger partial charge in [0.25, 0.3) is 10.0 Å². The summed E-state index contributed by atoms with van der Waals surface area (Å²) in [5.41, 5.74) is -0.154. The first-order chi connectivity index (χ1) is 12.8. The summed E-state index contributed by atoms with van der Waals surface area (Å²) in [6, 6.07) is 0. The molecule has 0 bridgehead atoms. The van der Waals surface area contributed by atoms with E-state index in [-0.39, 0.29) is 29.1 Å². The van der Waals surface area contributed by atoms with Crippen molar-refractivity contribution in [2.45, 2.75) is 35.7 Å². The molecule has 0 unspecified atom stereocenters. The molecule has 0 radical (unpaired) electrons. The van der Waals surface area contributed by atoms with Crippen LogP contribution in [0.2, 0.25) is 0 Å². The average Bonchev–Trinajstić information content (AvgIpc) is 2.59. The molecule has 0 atom stereocenters. The van der Waals surface area contributed by atoms with Gasteiger partial charge in [0.2, 0.25) is 0 Å². The summed E-state index contributed by atoms with van der Waals surface area (Å²) in [5, 5.41) is -4.57. The monoisotopic (exact) mass is 477 g/mol. The van der Waals surface area contributed by atoms with E-state index in [0.29, 0.717) is 0 Å². The molecule has 0 amide bonds. The number of hydrogen-bond donors (Lipinski definition) is 2. The lowest BCUT2D eigenvalue weighted by Crippen LogP contribution is -2.63. The van der Waals surface area contributed by atoms with E-state index < -0.39 is 68.0 Å². The highest BCUT2D eigenvalue weighted by Gasteiger charge is 2.82. The van der Waals surface area contributed by atoms with Gasteiger partial charge in [-0.3, -0.25) is 9.35 Å². The number of sulfonamides is 1. The van der Waals surface area contributed by atoms with Gasteiger partial charge in [-0.15, -0.1) is 0 Å². The van der Waals surface area contributed by atoms with Crippen molar-refractivity contribution in [2.24, 2.45) is 5.92 Å². The Balaban J connectivity index is 3.06. The number of alkyl halides is 6. The second kappa shape index (κ2) is 8.13. The zero-order valence-electron chi connectivity index (χ0n) is 14.5. The van der Waals surface area contributed by atoms with Crippen molar-refractivity contribution in [3.63, 3.8) is 0 Å². The molecule has 1 aliphatic heterocycles. The minimum atomic E-state index is -7.08. The van der Waals surface area contributed by atoms with Gasteiger partial charge in [0, 0.05) is 25.1 Å². The van der Waals surface area contributed by atoms with Crippen molar-refractivity contribution in [1.29, 1.82) is 0 Å². The highest BCUT2D eigenvalue weighted by molar-refractivity contribution is 7.90. The second-order valence-electron chi connectivity index (χ2n) is 6.32. The smallest absolute Gasteiger partial charge is 0.392 e. The lowest BCUT2D eigenvalue weighted by molar-refractivity contribution is -0.247. The number of Topliss-reactive ketones (excluding diaryl/α,β-unsaturated/α-hetero) is 1. The maximum Gasteiger partial charge on any atom is 0.439 e. The molecule has 1 rings (SSSR count). The minimum Gasteiger partial charge on any atom is -0.392 e. The Morgan fingerprint density at radius 3 is 1.83 bits per heavy atom. The van der Waals surface area contributed by atoms with Crippen molar-refractivity contribution in [3.8, 4) is 0 Å². The predicted molar refractivity (Wildman–Crippen MR) is 85.5 cm³/mol. The zero-order chi connectivity index (χ0) is 23.1. The fourth-order valence-electron chi connectivity index (χ4n) is 2.50. The number of aliphatic hydroxyl groups is 1. The Morgan fingerprint density at radius 1 is 1.00 bits per heavy atom. The molecule has 0 saturated carbocycles. The first-order valence-electron chi connectivity index (χ1n) is 7.76. The molecule has 1 fully saturated rings. The third kappa shape index (κ3) is 4.45. The maximum atomic E-state index is 13.9. The van der Waals surface area contributed by atoms with Gasteiger partial charge in [-0.1, -0.05) is 6.58 Å². The number of ketones is 1. The van der Waals surface area contributed by atoms with Crippen LogP contribution in [0.3, 0.4) is 0 Å². The Kier molecular flexibility index (Phi) is 7.23. The number of carbonyl (C=O) groups is 1. The quantitative estimate of drug-likeness (QED) is 0.290. The van der Waals surface area contributed by atoms with Crippen LogP contribution in [0.25, 0.3) is 0 Å². The SMILES string of the molecule is C=C(CO)C(=O)CC1CCN(S(=O)(=O)C(F)(F)C(F)(F)C(F)(F)S(=O)(=O)O)CC1. The molecule has 2 N–H and O–H groups in total. The Morgan fingerprint density at radius 2 is 1.45 bits per heavy atom. The van der Waals surface area contributed by atoms with Crippen LogP contribution in [0.1, 0.15) is 19.3 Å². The summed E-state index contributed by atoms with van der Waals surface area (Å²) in [4.78, 5) is 11.6. The van der Waals surface area contributed by atoms with Crippen LogP contribution in [-0.4, -0.2) is 72.7 Å². The van der Waals surface area contributed by atoms with E-state index in [1.54, 1.807) is 0 Å². The number of carbonyl (C=O) groups excluding carboxylic acids is 1. The van der Waals surface area contributed by atoms with Crippen molar-refractivity contribution in [1.82, 2.24) is 4.31 Å². The van der Waals surface area contributed by atoms with E-state index in [9.17, 15) is 48.0 Å². The summed E-state index contributed by atoms with van der Waals surface area (Å²) >= 11 is 0. The number of aliphatic hydroxyl groups excluding tert-OH is 1. The lowest BCUT2D eigenvalue weighted by Gasteiger charge is -2.36. The van der Waals surface area contributed by atoms with Crippen LogP contribution in [0.15, 0.2) is 12.2 Å². The van der Waals surface area contributed by atoms with Gasteiger partial charge in [0.05, 0.1) is 6.61 Å². The van der Waals surface area contributed by atoms with Gasteiger partial charge >= 0.3 is 26.5 Å². The first kappa shape index (κ1) is 25.8. The maximum absolute atomic E-state index is 13.9. The van der Waals surface area contributed by atoms with E-state index in [1.807, 2.05) is 0 Å². The van der Waals surface area contributed by atoms with Gasteiger partial charge in [0.15, 0.2) is 5.78 Å². The van der Waals surface area contributed by atoms with Gasteiger partial charge in [0.1, 0.15) is 0 Å². The van der Waals surface area contributed by atoms with E-state index in [0.717, 1.165) is 0 Å². The zero-order valence-corrected chi connectivity index (χ0v) is 16.1. The van der Waals surface area contributed by atoms with Crippen LogP contribution in [0, 0.1) is 5.92 Å². The molecule has 16 heteroatoms. The van der Waals surface area contributed by atoms with Gasteiger partial charge in [-0.25, -0.2) is 8.42 Å². The van der Waals surface area contributed by atoms with Crippen molar-refractivity contribution in [3.05, 3.63) is 12.2 Å². The van der Waals surface area contributed by atoms with Crippen LogP contribution >= 0.6 is 0 Å². The molecular weight excluding hydrogens is 460 g/mol. The largest absolute Gasteiger partial charge is 0.439 e. The summed E-state index contributed by atoms with van der Waals surface area (Å²) in [7, 11) is -13.6. The Labute approximate surface area is 162 Å². The molecule has 1 aliphatic rings. The fourth-order valence-corrected chi connectivity index (χ4v) is 4.49. The number of hydrogen-bond acceptors (Lipinski definition) is 6. The van der Waals surface area contributed by atoms with Crippen LogP contribution in [-0.2, 0) is 24.9 Å². The van der Waals surface area contributed by atoms with Crippen LogP contribution in [0.4, 0.5) is 26.3 Å². The number of piperidine rings is 1. The first-order valence-corrected chi connectivity index (χ1v) is 10.6. The summed E-state index contributed by atoms with van der Waals surface area (Å²) in [6.45, 7) is 0.946. The second-order valence-corrected chi connectivity index (χ2v) is 9.76. The molecule has 0 aromatic rings. The molecule has 8 nitrogen and oxygen atoms in total. The molecule has 170 valence electrons. The van der Waals surface area contributed by atoms with Crippen LogP contribution < -0.4 is 0 Å². The topological polar surface area (TPSA) is 129 Å². The third-order valence-electron chi connectivity index (χ3n) is 4.35. The summed E-state index contributed by atoms with van der Waals surface area (Å²) in [5.74, 6) is -8.15. The van der Waals surface area contributed by atoms with E-state index in [2.05, 4.69) is 6.58 Å². The van der Waals surface area contributed by atoms with Crippen LogP contribution in [0.5, 0.6) is 0 Å². The lowest BCUT2D eigenvalue weighted by atomic mass is 9.91.